The van der Waals surface area contributed by atoms with E-state index in [2.05, 4.69) is 21.1 Å². The lowest BCUT2D eigenvalue weighted by Crippen LogP contribution is -2.47. The molecule has 3 aliphatic rings. The molecule has 0 unspecified atom stereocenters. The van der Waals surface area contributed by atoms with Gasteiger partial charge in [-0.1, -0.05) is 23.0 Å². The van der Waals surface area contributed by atoms with Crippen molar-refractivity contribution < 1.29 is 9.53 Å². The number of aromatic nitrogens is 4. The van der Waals surface area contributed by atoms with Crippen molar-refractivity contribution in [3.63, 3.8) is 0 Å². The Hall–Kier alpha value is -3.50. The van der Waals surface area contributed by atoms with Crippen LogP contribution in [0.2, 0.25) is 0 Å². The number of hydrogen-bond acceptors (Lipinski definition) is 6. The average Bonchev–Trinajstić information content (AvgIpc) is 3.31. The molecule has 0 spiro atoms. The summed E-state index contributed by atoms with van der Waals surface area (Å²) in [6.07, 6.45) is 3.19. The van der Waals surface area contributed by atoms with Crippen LogP contribution in [-0.2, 0) is 9.53 Å². The summed E-state index contributed by atoms with van der Waals surface area (Å²) >= 11 is 1.16. The molecule has 9 nitrogen and oxygen atoms in total. The lowest BCUT2D eigenvalue weighted by molar-refractivity contribution is -0.128. The third-order valence-electron chi connectivity index (χ3n) is 5.58. The Kier molecular flexibility index (Phi) is 5.03. The molecule has 32 heavy (non-hydrogen) atoms. The lowest BCUT2D eigenvalue weighted by Gasteiger charge is -2.25. The van der Waals surface area contributed by atoms with E-state index >= 15 is 0 Å². The van der Waals surface area contributed by atoms with Crippen molar-refractivity contribution in [2.45, 2.75) is 13.8 Å². The standard InChI is InChI=1S/C22H22N6O3S/c1-12-3-4-17-15(9-12)14(13(2)24-17)10-16-20(23)28-22(25-21(16)30)32-18(26-28)11-19(29)27-5-7-31-8-6-27/h3-4,9-11,23-24,26H,5-8H2,1-2H3/b16-10-,18-11+,23-20?. The first kappa shape index (κ1) is 20.4. The number of rotatable bonds is 2. The van der Waals surface area contributed by atoms with Crippen molar-refractivity contribution in [2.24, 2.45) is 0 Å². The molecule has 1 aromatic heterocycles. The summed E-state index contributed by atoms with van der Waals surface area (Å²) in [5, 5.41) is 13.2. The van der Waals surface area contributed by atoms with Crippen LogP contribution < -0.4 is 20.9 Å². The number of carbonyl (C=O) groups excluding carboxylic acids is 1. The number of morpholine rings is 1. The molecule has 3 aliphatic heterocycles. The number of nitrogens with one attached hydrogen (secondary N) is 3. The van der Waals surface area contributed by atoms with Crippen molar-refractivity contribution in [1.82, 2.24) is 24.6 Å². The molecule has 164 valence electrons. The van der Waals surface area contributed by atoms with Crippen molar-refractivity contribution in [3.05, 3.63) is 60.7 Å². The fraction of sp³-hybridized carbons (Fsp3) is 0.273. The third kappa shape index (κ3) is 3.57. The smallest absolute Gasteiger partial charge is 0.283 e. The van der Waals surface area contributed by atoms with Crippen LogP contribution in [0.25, 0.3) is 28.2 Å². The zero-order valence-electron chi connectivity index (χ0n) is 17.7. The molecule has 0 bridgehead atoms. The molecule has 1 saturated heterocycles. The van der Waals surface area contributed by atoms with Crippen molar-refractivity contribution in [1.29, 1.82) is 5.41 Å². The number of aromatic amines is 2. The van der Waals surface area contributed by atoms with E-state index in [1.807, 2.05) is 26.0 Å². The van der Waals surface area contributed by atoms with Crippen LogP contribution in [0.5, 0.6) is 0 Å². The molecule has 1 aromatic carbocycles. The van der Waals surface area contributed by atoms with Gasteiger partial charge in [-0.15, -0.1) is 0 Å². The molecule has 1 amide bonds. The summed E-state index contributed by atoms with van der Waals surface area (Å²) in [6, 6.07) is 6.08. The Bertz CT molecular complexity index is 1550. The number of aryl methyl sites for hydroxylation is 2. The predicted octanol–water partition coefficient (Wildman–Crippen LogP) is 0.106. The van der Waals surface area contributed by atoms with Gasteiger partial charge >= 0.3 is 0 Å². The molecule has 3 N–H and O–H groups in total. The SMILES string of the molecule is Cc1ccc2[nH]c(C)c(/C=c3\c(=O)nc4s/c(=C/C(=O)N5CCOCC5)[nH]n-4c3=N)c2c1. The minimum Gasteiger partial charge on any atom is -0.378 e. The molecule has 4 heterocycles. The second-order valence-corrected chi connectivity index (χ2v) is 8.82. The zero-order valence-corrected chi connectivity index (χ0v) is 18.5. The van der Waals surface area contributed by atoms with Crippen LogP contribution in [0.4, 0.5) is 0 Å². The molecule has 0 atom stereocenters. The number of fused-ring (bicyclic) bond motifs is 2. The van der Waals surface area contributed by atoms with Crippen LogP contribution in [0.3, 0.4) is 0 Å². The highest BCUT2D eigenvalue weighted by atomic mass is 32.1. The first-order valence-corrected chi connectivity index (χ1v) is 11.1. The van der Waals surface area contributed by atoms with Gasteiger partial charge in [0.15, 0.2) is 5.49 Å². The Labute approximate surface area is 186 Å². The van der Waals surface area contributed by atoms with E-state index in [1.165, 1.54) is 10.8 Å². The number of nitrogens with zero attached hydrogens (tertiary/aromatic N) is 3. The van der Waals surface area contributed by atoms with Gasteiger partial charge in [0.25, 0.3) is 5.56 Å². The predicted molar refractivity (Wildman–Crippen MR) is 122 cm³/mol. The fourth-order valence-corrected chi connectivity index (χ4v) is 4.74. The maximum atomic E-state index is 12.8. The topological polar surface area (TPSA) is 120 Å². The molecule has 0 saturated carbocycles. The number of amides is 1. The summed E-state index contributed by atoms with van der Waals surface area (Å²) in [7, 11) is 0. The number of ether oxygens (including phenoxy) is 1. The minimum atomic E-state index is -0.474. The van der Waals surface area contributed by atoms with Gasteiger partial charge in [0.2, 0.25) is 11.0 Å². The van der Waals surface area contributed by atoms with E-state index in [1.54, 1.807) is 11.0 Å². The molecular formula is C22H22N6O3S. The zero-order chi connectivity index (χ0) is 22.4. The summed E-state index contributed by atoms with van der Waals surface area (Å²) < 4.78 is 7.24. The number of hydrogen-bond donors (Lipinski definition) is 3. The minimum absolute atomic E-state index is 0.00359. The largest absolute Gasteiger partial charge is 0.378 e. The van der Waals surface area contributed by atoms with Crippen LogP contribution in [-0.4, -0.2) is 56.9 Å². The monoisotopic (exact) mass is 450 g/mol. The van der Waals surface area contributed by atoms with E-state index in [0.29, 0.717) is 36.1 Å². The van der Waals surface area contributed by atoms with Gasteiger partial charge in [0.05, 0.1) is 18.4 Å². The molecule has 10 heteroatoms. The van der Waals surface area contributed by atoms with E-state index in [0.717, 1.165) is 39.1 Å². The Morgan fingerprint density at radius 1 is 1.28 bits per heavy atom. The number of benzene rings is 1. The van der Waals surface area contributed by atoms with Gasteiger partial charge < -0.3 is 14.6 Å². The van der Waals surface area contributed by atoms with Crippen molar-refractivity contribution >= 4 is 40.3 Å². The van der Waals surface area contributed by atoms with Gasteiger partial charge in [0, 0.05) is 41.3 Å². The maximum Gasteiger partial charge on any atom is 0.283 e. The number of carbonyl (C=O) groups is 1. The van der Waals surface area contributed by atoms with E-state index < -0.39 is 5.56 Å². The third-order valence-corrected chi connectivity index (χ3v) is 6.46. The van der Waals surface area contributed by atoms with Gasteiger partial charge in [-0.05, 0) is 32.1 Å². The van der Waals surface area contributed by atoms with Crippen LogP contribution in [0, 0.1) is 19.3 Å². The molecule has 5 rings (SSSR count). The molecule has 0 radical (unpaired) electrons. The lowest BCUT2D eigenvalue weighted by atomic mass is 10.1. The van der Waals surface area contributed by atoms with Crippen LogP contribution >= 0.6 is 11.3 Å². The molecule has 2 aromatic rings. The average molecular weight is 451 g/mol. The Morgan fingerprint density at radius 2 is 2.06 bits per heavy atom. The normalized spacial score (nSPS) is 15.9. The van der Waals surface area contributed by atoms with Crippen molar-refractivity contribution in [3.8, 4) is 5.13 Å². The fourth-order valence-electron chi connectivity index (χ4n) is 3.89. The Balaban J connectivity index is 1.64. The van der Waals surface area contributed by atoms with Gasteiger partial charge in [-0.3, -0.25) is 20.1 Å². The van der Waals surface area contributed by atoms with Crippen LogP contribution in [0.1, 0.15) is 16.8 Å². The molecular weight excluding hydrogens is 428 g/mol. The van der Waals surface area contributed by atoms with Gasteiger partial charge in [-0.2, -0.15) is 4.98 Å². The molecule has 1 fully saturated rings. The summed E-state index contributed by atoms with van der Waals surface area (Å²) in [6.45, 7) is 6.09. The number of H-pyrrole nitrogens is 2. The van der Waals surface area contributed by atoms with E-state index in [9.17, 15) is 9.59 Å². The molecule has 0 aliphatic carbocycles. The highest BCUT2D eigenvalue weighted by Gasteiger charge is 2.16. The van der Waals surface area contributed by atoms with E-state index in [-0.39, 0.29) is 16.6 Å². The van der Waals surface area contributed by atoms with Crippen molar-refractivity contribution in [2.75, 3.05) is 26.3 Å². The summed E-state index contributed by atoms with van der Waals surface area (Å²) in [4.78, 5) is 34.5. The van der Waals surface area contributed by atoms with Crippen LogP contribution in [0.15, 0.2) is 23.0 Å². The quantitative estimate of drug-likeness (QED) is 0.401. The highest BCUT2D eigenvalue weighted by Crippen LogP contribution is 2.23. The Morgan fingerprint density at radius 3 is 2.84 bits per heavy atom. The van der Waals surface area contributed by atoms with Gasteiger partial charge in [-0.25, -0.2) is 4.68 Å². The second kappa shape index (κ2) is 7.88. The van der Waals surface area contributed by atoms with E-state index in [4.69, 9.17) is 10.1 Å². The maximum absolute atomic E-state index is 12.8. The second-order valence-electron chi connectivity index (χ2n) is 7.81. The van der Waals surface area contributed by atoms with Gasteiger partial charge in [0.1, 0.15) is 4.66 Å². The first-order valence-electron chi connectivity index (χ1n) is 10.3. The summed E-state index contributed by atoms with van der Waals surface area (Å²) in [5.74, 6) is -0.137. The first-order chi connectivity index (χ1) is 15.4. The highest BCUT2D eigenvalue weighted by molar-refractivity contribution is 7.11. The summed E-state index contributed by atoms with van der Waals surface area (Å²) in [5.41, 5.74) is 3.38.